The fourth-order valence-electron chi connectivity index (χ4n) is 3.71. The zero-order chi connectivity index (χ0) is 26.5. The summed E-state index contributed by atoms with van der Waals surface area (Å²) >= 11 is 7.62. The monoisotopic (exact) mass is 528 g/mol. The molecule has 1 unspecified atom stereocenters. The van der Waals surface area contributed by atoms with Gasteiger partial charge in [0.05, 0.1) is 21.4 Å². The average molecular weight is 529 g/mol. The molecule has 0 spiro atoms. The second-order valence-corrected chi connectivity index (χ2v) is 9.94. The highest BCUT2D eigenvalue weighted by Crippen LogP contribution is 2.38. The Morgan fingerprint density at radius 3 is 2.46 bits per heavy atom. The summed E-state index contributed by atoms with van der Waals surface area (Å²) in [4.78, 5) is 28.5. The van der Waals surface area contributed by atoms with E-state index in [0.717, 1.165) is 17.3 Å². The van der Waals surface area contributed by atoms with Crippen molar-refractivity contribution in [2.75, 3.05) is 5.32 Å². The molecule has 0 fully saturated rings. The molecule has 9 heteroatoms. The van der Waals surface area contributed by atoms with Gasteiger partial charge in [-0.25, -0.2) is 4.98 Å². The maximum absolute atomic E-state index is 13.0. The number of aromatic nitrogens is 1. The van der Waals surface area contributed by atoms with Gasteiger partial charge < -0.3 is 5.32 Å². The third-order valence-electron chi connectivity index (χ3n) is 5.66. The first-order valence-corrected chi connectivity index (χ1v) is 12.5. The number of benzene rings is 3. The Labute approximate surface area is 223 Å². The van der Waals surface area contributed by atoms with E-state index in [1.165, 1.54) is 6.07 Å². The molecule has 1 N–H and O–H groups in total. The van der Waals surface area contributed by atoms with Crippen molar-refractivity contribution >= 4 is 40.6 Å². The van der Waals surface area contributed by atoms with Crippen LogP contribution in [0.4, 0.5) is 11.4 Å². The Bertz CT molecular complexity index is 1540. The fourth-order valence-corrected chi connectivity index (χ4v) is 4.88. The number of aryl methyl sites for hydroxylation is 1. The van der Waals surface area contributed by atoms with E-state index in [9.17, 15) is 20.2 Å². The number of rotatable bonds is 7. The number of nitro benzene ring substituents is 1. The van der Waals surface area contributed by atoms with Gasteiger partial charge in [0.25, 0.3) is 5.69 Å². The third-order valence-corrected chi connectivity index (χ3v) is 7.08. The molecular weight excluding hydrogens is 508 g/mol. The van der Waals surface area contributed by atoms with Crippen LogP contribution in [0.5, 0.6) is 0 Å². The highest BCUT2D eigenvalue weighted by Gasteiger charge is 2.23. The van der Waals surface area contributed by atoms with Gasteiger partial charge in [0, 0.05) is 39.0 Å². The van der Waals surface area contributed by atoms with Gasteiger partial charge in [-0.3, -0.25) is 14.9 Å². The number of thioether (sulfide) groups is 1. The molecule has 1 heterocycles. The number of pyridine rings is 1. The Balaban J connectivity index is 1.71. The quantitative estimate of drug-likeness (QED) is 0.153. The summed E-state index contributed by atoms with van der Waals surface area (Å²) in [5, 5.41) is 24.3. The molecule has 7 nitrogen and oxygen atoms in total. The molecule has 184 valence electrons. The molecule has 0 aliphatic rings. The van der Waals surface area contributed by atoms with Crippen molar-refractivity contribution in [1.82, 2.24) is 4.98 Å². The topological polar surface area (TPSA) is 109 Å². The van der Waals surface area contributed by atoms with Crippen LogP contribution in [0.15, 0.2) is 83.9 Å². The first kappa shape index (κ1) is 25.9. The van der Waals surface area contributed by atoms with Gasteiger partial charge >= 0.3 is 0 Å². The minimum absolute atomic E-state index is 0.0773. The fraction of sp³-hybridized carbons (Fsp3) is 0.107. The second-order valence-electron chi connectivity index (χ2n) is 8.20. The SMILES string of the molecule is Cc1ccc(NC(=O)C(C)Sc2nc(-c3ccccc3)cc(-c3ccccc3Cl)c2C#N)cc1[N+](=O)[O-]. The third kappa shape index (κ3) is 5.80. The lowest BCUT2D eigenvalue weighted by atomic mass is 9.99. The minimum atomic E-state index is -0.662. The van der Waals surface area contributed by atoms with Gasteiger partial charge in [0.15, 0.2) is 0 Å². The number of hydrogen-bond acceptors (Lipinski definition) is 6. The number of amides is 1. The van der Waals surface area contributed by atoms with Crippen molar-refractivity contribution in [3.8, 4) is 28.5 Å². The van der Waals surface area contributed by atoms with Crippen LogP contribution in [0, 0.1) is 28.4 Å². The molecule has 1 amide bonds. The van der Waals surface area contributed by atoms with E-state index in [1.807, 2.05) is 54.6 Å². The van der Waals surface area contributed by atoms with E-state index in [1.54, 1.807) is 32.0 Å². The Morgan fingerprint density at radius 2 is 1.78 bits per heavy atom. The lowest BCUT2D eigenvalue weighted by Gasteiger charge is -2.16. The summed E-state index contributed by atoms with van der Waals surface area (Å²) in [6, 6.07) is 25.4. The molecule has 0 aliphatic heterocycles. The maximum atomic E-state index is 13.0. The van der Waals surface area contributed by atoms with Gasteiger partial charge in [0.2, 0.25) is 5.91 Å². The van der Waals surface area contributed by atoms with Crippen LogP contribution in [-0.4, -0.2) is 21.1 Å². The highest BCUT2D eigenvalue weighted by atomic mass is 35.5. The number of carbonyl (C=O) groups excluding carboxylic acids is 1. The number of carbonyl (C=O) groups is 1. The van der Waals surface area contributed by atoms with Crippen LogP contribution < -0.4 is 5.32 Å². The van der Waals surface area contributed by atoms with Crippen LogP contribution in [0.1, 0.15) is 18.1 Å². The number of anilines is 1. The molecular formula is C28H21ClN4O3S. The molecule has 0 radical (unpaired) electrons. The van der Waals surface area contributed by atoms with Crippen LogP contribution in [0.2, 0.25) is 5.02 Å². The summed E-state index contributed by atoms with van der Waals surface area (Å²) in [6.45, 7) is 3.32. The molecule has 0 bridgehead atoms. The van der Waals surface area contributed by atoms with Crippen LogP contribution in [0.25, 0.3) is 22.4 Å². The molecule has 0 saturated carbocycles. The molecule has 37 heavy (non-hydrogen) atoms. The Hall–Kier alpha value is -4.19. The summed E-state index contributed by atoms with van der Waals surface area (Å²) in [7, 11) is 0. The lowest BCUT2D eigenvalue weighted by molar-refractivity contribution is -0.385. The van der Waals surface area contributed by atoms with E-state index < -0.39 is 10.2 Å². The molecule has 1 aromatic heterocycles. The van der Waals surface area contributed by atoms with Crippen molar-refractivity contribution in [3.63, 3.8) is 0 Å². The van der Waals surface area contributed by atoms with Crippen molar-refractivity contribution in [2.45, 2.75) is 24.1 Å². The van der Waals surface area contributed by atoms with Crippen molar-refractivity contribution in [2.24, 2.45) is 0 Å². The van der Waals surface area contributed by atoms with Crippen LogP contribution in [-0.2, 0) is 4.79 Å². The summed E-state index contributed by atoms with van der Waals surface area (Å²) in [5.41, 5.74) is 3.84. The zero-order valence-corrected chi connectivity index (χ0v) is 21.5. The first-order valence-electron chi connectivity index (χ1n) is 11.3. The molecule has 4 rings (SSSR count). The maximum Gasteiger partial charge on any atom is 0.274 e. The van der Waals surface area contributed by atoms with Crippen molar-refractivity contribution in [1.29, 1.82) is 5.26 Å². The van der Waals surface area contributed by atoms with E-state index in [4.69, 9.17) is 16.6 Å². The normalized spacial score (nSPS) is 11.4. The summed E-state index contributed by atoms with van der Waals surface area (Å²) < 4.78 is 0. The van der Waals surface area contributed by atoms with Gasteiger partial charge in [-0.2, -0.15) is 5.26 Å². The highest BCUT2D eigenvalue weighted by molar-refractivity contribution is 8.00. The zero-order valence-electron chi connectivity index (χ0n) is 19.9. The molecule has 3 aromatic carbocycles. The predicted molar refractivity (Wildman–Crippen MR) is 147 cm³/mol. The van der Waals surface area contributed by atoms with Gasteiger partial charge in [-0.1, -0.05) is 78.0 Å². The van der Waals surface area contributed by atoms with E-state index >= 15 is 0 Å². The number of hydrogen-bond donors (Lipinski definition) is 1. The van der Waals surface area contributed by atoms with E-state index in [2.05, 4.69) is 11.4 Å². The molecule has 1 atom stereocenters. The van der Waals surface area contributed by atoms with Gasteiger partial charge in [-0.05, 0) is 32.0 Å². The Kier molecular flexibility index (Phi) is 7.87. The first-order chi connectivity index (χ1) is 17.8. The van der Waals surface area contributed by atoms with Crippen LogP contribution >= 0.6 is 23.4 Å². The Morgan fingerprint density at radius 1 is 1.08 bits per heavy atom. The summed E-state index contributed by atoms with van der Waals surface area (Å²) in [6.07, 6.45) is 0. The second kappa shape index (κ2) is 11.2. The number of nitrogens with zero attached hydrogens (tertiary/aromatic N) is 3. The van der Waals surface area contributed by atoms with Gasteiger partial charge in [0.1, 0.15) is 11.1 Å². The molecule has 0 aliphatic carbocycles. The van der Waals surface area contributed by atoms with E-state index in [-0.39, 0.29) is 11.6 Å². The van der Waals surface area contributed by atoms with Crippen molar-refractivity contribution in [3.05, 3.63) is 105 Å². The number of nitro groups is 1. The smallest absolute Gasteiger partial charge is 0.274 e. The number of halogens is 1. The minimum Gasteiger partial charge on any atom is -0.325 e. The van der Waals surface area contributed by atoms with Crippen LogP contribution in [0.3, 0.4) is 0 Å². The summed E-state index contributed by atoms with van der Waals surface area (Å²) in [5.74, 6) is -0.377. The average Bonchev–Trinajstić information content (AvgIpc) is 2.90. The predicted octanol–water partition coefficient (Wildman–Crippen LogP) is 7.28. The lowest BCUT2D eigenvalue weighted by Crippen LogP contribution is -2.22. The number of nitriles is 1. The molecule has 4 aromatic rings. The van der Waals surface area contributed by atoms with Crippen molar-refractivity contribution < 1.29 is 9.72 Å². The standard InChI is InChI=1S/C28H21ClN4O3S/c1-17-12-13-20(14-26(17)33(35)36)31-27(34)18(2)37-28-23(16-30)22(21-10-6-7-11-24(21)29)15-25(32-28)19-8-4-3-5-9-19/h3-15,18H,1-2H3,(H,31,34). The molecule has 0 saturated heterocycles. The largest absolute Gasteiger partial charge is 0.325 e. The van der Waals surface area contributed by atoms with E-state index in [0.29, 0.717) is 43.7 Å². The van der Waals surface area contributed by atoms with Gasteiger partial charge in [-0.15, -0.1) is 0 Å². The number of nitrogens with one attached hydrogen (secondary N) is 1.